The molecule has 0 spiro atoms. The molecule has 3 N–H and O–H groups in total. The van der Waals surface area contributed by atoms with Gasteiger partial charge in [-0.25, -0.2) is 4.99 Å². The molecule has 0 aromatic carbocycles. The van der Waals surface area contributed by atoms with Gasteiger partial charge >= 0.3 is 0 Å². The molecular weight excluding hydrogens is 421 g/mol. The quantitative estimate of drug-likeness (QED) is 0.326. The molecule has 2 rings (SSSR count). The summed E-state index contributed by atoms with van der Waals surface area (Å²) in [6, 6.07) is 0.799. The average Bonchev–Trinajstić information content (AvgIpc) is 3.36. The van der Waals surface area contributed by atoms with E-state index in [-0.39, 0.29) is 48.3 Å². The number of likely N-dealkylation sites (N-methyl/N-ethyl adjacent to an activating group) is 1. The molecule has 24 heavy (non-hydrogen) atoms. The van der Waals surface area contributed by atoms with Gasteiger partial charge in [-0.15, -0.1) is 24.0 Å². The fourth-order valence-electron chi connectivity index (χ4n) is 2.74. The van der Waals surface area contributed by atoms with Crippen LogP contribution in [0.25, 0.3) is 0 Å². The third kappa shape index (κ3) is 6.82. The topological polar surface area (TPSA) is 85.8 Å². The van der Waals surface area contributed by atoms with Crippen LogP contribution in [0.2, 0.25) is 0 Å². The zero-order valence-corrected chi connectivity index (χ0v) is 17.1. The van der Waals surface area contributed by atoms with Gasteiger partial charge in [0.15, 0.2) is 5.96 Å². The first-order chi connectivity index (χ1) is 11.0. The molecule has 0 atom stereocenters. The fourth-order valence-corrected chi connectivity index (χ4v) is 2.74. The Morgan fingerprint density at radius 3 is 1.92 bits per heavy atom. The maximum absolute atomic E-state index is 11.7. The predicted octanol–water partition coefficient (Wildman–Crippen LogP) is 0.695. The second kappa shape index (κ2) is 10.0. The summed E-state index contributed by atoms with van der Waals surface area (Å²) in [4.78, 5) is 29.4. The number of nitrogens with zero attached hydrogens (tertiary/aromatic N) is 2. The van der Waals surface area contributed by atoms with E-state index in [1.165, 1.54) is 0 Å². The second-order valence-corrected chi connectivity index (χ2v) is 6.68. The first-order valence-corrected chi connectivity index (χ1v) is 8.49. The summed E-state index contributed by atoms with van der Waals surface area (Å²) >= 11 is 0. The van der Waals surface area contributed by atoms with Crippen LogP contribution < -0.4 is 16.0 Å². The predicted molar refractivity (Wildman–Crippen MR) is 106 cm³/mol. The van der Waals surface area contributed by atoms with Crippen LogP contribution in [0.1, 0.15) is 38.5 Å². The summed E-state index contributed by atoms with van der Waals surface area (Å²) in [5, 5.41) is 9.53. The van der Waals surface area contributed by atoms with Crippen molar-refractivity contribution in [1.82, 2.24) is 20.9 Å². The minimum atomic E-state index is -0.00905. The van der Waals surface area contributed by atoms with Crippen molar-refractivity contribution in [1.29, 1.82) is 0 Å². The van der Waals surface area contributed by atoms with Gasteiger partial charge in [0.05, 0.1) is 0 Å². The Balaban J connectivity index is 0.00000288. The second-order valence-electron chi connectivity index (χ2n) is 6.68. The maximum atomic E-state index is 11.7. The standard InChI is InChI=1S/C16H29N5O2.HI/c1-17-15(23)11-4-6-12(7-5-11)19-16(20-13-8-9-13)18-10-14(22)21(2)3;/h11-13H,4-10H2,1-3H3,(H,17,23)(H2,18,19,20);1H. The lowest BCUT2D eigenvalue weighted by Gasteiger charge is -2.29. The maximum Gasteiger partial charge on any atom is 0.243 e. The Labute approximate surface area is 161 Å². The number of nitrogens with one attached hydrogen (secondary N) is 3. The van der Waals surface area contributed by atoms with Gasteiger partial charge in [-0.1, -0.05) is 0 Å². The molecule has 2 saturated carbocycles. The average molecular weight is 451 g/mol. The third-order valence-electron chi connectivity index (χ3n) is 4.47. The van der Waals surface area contributed by atoms with E-state index in [1.807, 2.05) is 0 Å². The van der Waals surface area contributed by atoms with Gasteiger partial charge in [0, 0.05) is 39.1 Å². The van der Waals surface area contributed by atoms with Crippen molar-refractivity contribution >= 4 is 41.8 Å². The highest BCUT2D eigenvalue weighted by Crippen LogP contribution is 2.24. The summed E-state index contributed by atoms with van der Waals surface area (Å²) in [6.07, 6.45) is 6.00. The Morgan fingerprint density at radius 2 is 1.50 bits per heavy atom. The van der Waals surface area contributed by atoms with Crippen LogP contribution in [0.15, 0.2) is 4.99 Å². The van der Waals surface area contributed by atoms with E-state index >= 15 is 0 Å². The van der Waals surface area contributed by atoms with Crippen molar-refractivity contribution in [2.75, 3.05) is 27.7 Å². The number of hydrogen-bond donors (Lipinski definition) is 3. The highest BCUT2D eigenvalue weighted by atomic mass is 127. The number of halogens is 1. The normalized spacial score (nSPS) is 23.7. The Bertz CT molecular complexity index is 457. The van der Waals surface area contributed by atoms with E-state index in [0.29, 0.717) is 12.1 Å². The van der Waals surface area contributed by atoms with Gasteiger partial charge in [0.2, 0.25) is 11.8 Å². The molecule has 0 saturated heterocycles. The highest BCUT2D eigenvalue weighted by Gasteiger charge is 2.28. The van der Waals surface area contributed by atoms with Crippen molar-refractivity contribution in [3.05, 3.63) is 0 Å². The van der Waals surface area contributed by atoms with Crippen molar-refractivity contribution in [3.8, 4) is 0 Å². The van der Waals surface area contributed by atoms with Crippen molar-refractivity contribution in [2.45, 2.75) is 50.6 Å². The number of rotatable bonds is 5. The van der Waals surface area contributed by atoms with E-state index in [4.69, 9.17) is 0 Å². The molecule has 0 heterocycles. The lowest BCUT2D eigenvalue weighted by atomic mass is 9.85. The number of aliphatic imine (C=N–C) groups is 1. The Hall–Kier alpha value is -1.06. The summed E-state index contributed by atoms with van der Waals surface area (Å²) in [5.74, 6) is 0.992. The van der Waals surface area contributed by atoms with E-state index in [9.17, 15) is 9.59 Å². The van der Waals surface area contributed by atoms with Crippen LogP contribution in [-0.4, -0.2) is 62.4 Å². The van der Waals surface area contributed by atoms with Gasteiger partial charge in [0.25, 0.3) is 0 Å². The number of amides is 2. The molecule has 0 bridgehead atoms. The van der Waals surface area contributed by atoms with Crippen molar-refractivity contribution in [2.24, 2.45) is 10.9 Å². The summed E-state index contributed by atoms with van der Waals surface area (Å²) in [7, 11) is 5.16. The Kier molecular flexibility index (Phi) is 8.79. The third-order valence-corrected chi connectivity index (χ3v) is 4.47. The molecule has 2 fully saturated rings. The van der Waals surface area contributed by atoms with Crippen LogP contribution in [0.5, 0.6) is 0 Å². The van der Waals surface area contributed by atoms with Crippen LogP contribution >= 0.6 is 24.0 Å². The molecule has 0 radical (unpaired) electrons. The molecule has 2 amide bonds. The molecule has 0 unspecified atom stereocenters. The molecule has 2 aliphatic rings. The van der Waals surface area contributed by atoms with Crippen LogP contribution in [0.4, 0.5) is 0 Å². The van der Waals surface area contributed by atoms with Gasteiger partial charge in [-0.05, 0) is 38.5 Å². The summed E-state index contributed by atoms with van der Waals surface area (Å²) in [6.45, 7) is 0.155. The number of hydrogen-bond acceptors (Lipinski definition) is 3. The minimum Gasteiger partial charge on any atom is -0.359 e. The Morgan fingerprint density at radius 1 is 1.00 bits per heavy atom. The molecule has 8 heteroatoms. The molecular formula is C16H30IN5O2. The number of carbonyl (C=O) groups excluding carboxylic acids is 2. The lowest BCUT2D eigenvalue weighted by Crippen LogP contribution is -2.47. The highest BCUT2D eigenvalue weighted by molar-refractivity contribution is 14.0. The number of guanidine groups is 1. The van der Waals surface area contributed by atoms with Gasteiger partial charge in [-0.2, -0.15) is 0 Å². The van der Waals surface area contributed by atoms with E-state index in [0.717, 1.165) is 44.5 Å². The van der Waals surface area contributed by atoms with E-state index in [2.05, 4.69) is 20.9 Å². The largest absolute Gasteiger partial charge is 0.359 e. The summed E-state index contributed by atoms with van der Waals surface area (Å²) in [5.41, 5.74) is 0. The molecule has 2 aliphatic carbocycles. The molecule has 0 aliphatic heterocycles. The van der Waals surface area contributed by atoms with Gasteiger partial charge in [0.1, 0.15) is 6.54 Å². The van der Waals surface area contributed by atoms with Crippen LogP contribution in [-0.2, 0) is 9.59 Å². The van der Waals surface area contributed by atoms with Crippen LogP contribution in [0, 0.1) is 5.92 Å². The SMILES string of the molecule is CNC(=O)C1CCC(NC(=NCC(=O)N(C)C)NC2CC2)CC1.I. The molecule has 0 aromatic heterocycles. The molecule has 0 aromatic rings. The van der Waals surface area contributed by atoms with Crippen LogP contribution in [0.3, 0.4) is 0 Å². The minimum absolute atomic E-state index is 0. The lowest BCUT2D eigenvalue weighted by molar-refractivity contribution is -0.127. The van der Waals surface area contributed by atoms with Crippen molar-refractivity contribution in [3.63, 3.8) is 0 Å². The molecule has 138 valence electrons. The monoisotopic (exact) mass is 451 g/mol. The summed E-state index contributed by atoms with van der Waals surface area (Å²) < 4.78 is 0. The number of carbonyl (C=O) groups is 2. The van der Waals surface area contributed by atoms with Gasteiger partial charge in [-0.3, -0.25) is 9.59 Å². The fraction of sp³-hybridized carbons (Fsp3) is 0.812. The first kappa shape index (κ1) is 21.0. The first-order valence-electron chi connectivity index (χ1n) is 8.49. The zero-order chi connectivity index (χ0) is 16.8. The smallest absolute Gasteiger partial charge is 0.243 e. The molecule has 7 nitrogen and oxygen atoms in total. The van der Waals surface area contributed by atoms with E-state index in [1.54, 1.807) is 26.0 Å². The van der Waals surface area contributed by atoms with Crippen molar-refractivity contribution < 1.29 is 9.59 Å². The van der Waals surface area contributed by atoms with E-state index < -0.39 is 0 Å². The van der Waals surface area contributed by atoms with Gasteiger partial charge < -0.3 is 20.9 Å². The zero-order valence-electron chi connectivity index (χ0n) is 14.8.